The molecule has 2 aromatic carbocycles. The Morgan fingerprint density at radius 1 is 1.19 bits per heavy atom. The summed E-state index contributed by atoms with van der Waals surface area (Å²) < 4.78 is 8.04. The van der Waals surface area contributed by atoms with Crippen molar-refractivity contribution in [3.8, 4) is 16.9 Å². The van der Waals surface area contributed by atoms with Crippen molar-refractivity contribution in [2.24, 2.45) is 5.41 Å². The molecule has 0 saturated heterocycles. The van der Waals surface area contributed by atoms with Gasteiger partial charge in [-0.25, -0.2) is 0 Å². The van der Waals surface area contributed by atoms with Gasteiger partial charge >= 0.3 is 0 Å². The normalized spacial score (nSPS) is 30.0. The number of carbonyl (C=O) groups is 1. The molecule has 1 aliphatic heterocycles. The number of ketones is 1. The van der Waals surface area contributed by atoms with Gasteiger partial charge in [0.1, 0.15) is 5.75 Å². The fraction of sp³-hybridized carbons (Fsp3) is 0.385. The minimum Gasteiger partial charge on any atom is -0.482 e. The van der Waals surface area contributed by atoms with Gasteiger partial charge in [-0.15, -0.1) is 0 Å². The molecule has 4 aliphatic rings. The molecule has 32 heavy (non-hydrogen) atoms. The van der Waals surface area contributed by atoms with Crippen LogP contribution in [0.4, 0.5) is 0 Å². The molecule has 1 N–H and O–H groups in total. The van der Waals surface area contributed by atoms with Crippen molar-refractivity contribution in [2.75, 3.05) is 0 Å². The first-order valence-corrected chi connectivity index (χ1v) is 11.5. The predicted molar refractivity (Wildman–Crippen MR) is 122 cm³/mol. The zero-order valence-corrected chi connectivity index (χ0v) is 18.7. The maximum Gasteiger partial charge on any atom is 0.173 e. The maximum atomic E-state index is 13.0. The van der Waals surface area contributed by atoms with Gasteiger partial charge in [-0.2, -0.15) is 5.10 Å². The second-order valence-electron chi connectivity index (χ2n) is 9.98. The van der Waals surface area contributed by atoms with Gasteiger partial charge in [-0.05, 0) is 55.4 Å². The SMILES string of the molecule is Cc1ccc(-c2cnn(C34CC(CC(=O)[C@H]5C[C@@H](O)c6cc(Cl)ccc6O5)(C3)C4)c2)cc1. The first-order valence-electron chi connectivity index (χ1n) is 11.1. The number of aromatic nitrogens is 2. The minimum atomic E-state index is -0.727. The molecule has 6 heteroatoms. The van der Waals surface area contributed by atoms with Crippen LogP contribution in [0.25, 0.3) is 11.1 Å². The molecule has 5 nitrogen and oxygen atoms in total. The number of aliphatic hydroxyl groups excluding tert-OH is 1. The van der Waals surface area contributed by atoms with E-state index in [2.05, 4.69) is 47.2 Å². The lowest BCUT2D eigenvalue weighted by molar-refractivity contribution is -0.200. The number of hydrogen-bond donors (Lipinski definition) is 1. The fourth-order valence-corrected chi connectivity index (χ4v) is 6.13. The van der Waals surface area contributed by atoms with E-state index in [0.717, 1.165) is 24.8 Å². The second kappa shape index (κ2) is 6.93. The van der Waals surface area contributed by atoms with Crippen LogP contribution in [0.15, 0.2) is 54.9 Å². The maximum absolute atomic E-state index is 13.0. The number of fused-ring (bicyclic) bond motifs is 1. The molecular formula is C26H25ClN2O3. The molecule has 0 spiro atoms. The molecule has 3 aromatic rings. The van der Waals surface area contributed by atoms with E-state index in [9.17, 15) is 9.90 Å². The average molecular weight is 449 g/mol. The zero-order chi connectivity index (χ0) is 22.1. The van der Waals surface area contributed by atoms with Gasteiger partial charge < -0.3 is 9.84 Å². The Balaban J connectivity index is 1.10. The van der Waals surface area contributed by atoms with Crippen molar-refractivity contribution in [3.05, 3.63) is 71.0 Å². The zero-order valence-electron chi connectivity index (χ0n) is 17.9. The highest BCUT2D eigenvalue weighted by Crippen LogP contribution is 2.73. The standard InChI is InChI=1S/C26H25ClN2O3/c1-16-2-4-17(5-3-16)18-11-28-29(12-18)26-13-25(14-26,15-26)10-22(31)24-9-21(30)20-8-19(27)6-7-23(20)32-24/h2-8,11-12,21,24,30H,9-10,13-15H2,1H3/t21-,24-,25?,26?/m1/s1. The van der Waals surface area contributed by atoms with Gasteiger partial charge in [0.25, 0.3) is 0 Å². The highest BCUT2D eigenvalue weighted by Gasteiger charge is 2.69. The molecule has 0 radical (unpaired) electrons. The van der Waals surface area contributed by atoms with Crippen LogP contribution in [0.5, 0.6) is 5.75 Å². The van der Waals surface area contributed by atoms with Gasteiger partial charge in [-0.3, -0.25) is 9.48 Å². The number of benzene rings is 2. The summed E-state index contributed by atoms with van der Waals surface area (Å²) in [4.78, 5) is 13.0. The Morgan fingerprint density at radius 2 is 1.94 bits per heavy atom. The van der Waals surface area contributed by atoms with Crippen molar-refractivity contribution in [1.82, 2.24) is 9.78 Å². The molecule has 3 saturated carbocycles. The number of rotatable bonds is 5. The summed E-state index contributed by atoms with van der Waals surface area (Å²) in [5, 5.41) is 15.7. The summed E-state index contributed by atoms with van der Waals surface area (Å²) in [6.45, 7) is 2.09. The van der Waals surface area contributed by atoms with Crippen molar-refractivity contribution in [2.45, 2.75) is 56.8 Å². The Labute approximate surface area is 192 Å². The third-order valence-corrected chi connectivity index (χ3v) is 7.75. The monoisotopic (exact) mass is 448 g/mol. The largest absolute Gasteiger partial charge is 0.482 e. The lowest BCUT2D eigenvalue weighted by atomic mass is 9.38. The highest BCUT2D eigenvalue weighted by atomic mass is 35.5. The number of Topliss-reactive ketones (excluding diaryl/α,β-unsaturated/α-hetero) is 1. The molecule has 164 valence electrons. The number of hydrogen-bond acceptors (Lipinski definition) is 4. The quantitative estimate of drug-likeness (QED) is 0.580. The van der Waals surface area contributed by atoms with Crippen LogP contribution in [0.2, 0.25) is 5.02 Å². The Bertz CT molecular complexity index is 1200. The molecule has 0 amide bonds. The van der Waals surface area contributed by atoms with Crippen molar-refractivity contribution in [1.29, 1.82) is 0 Å². The van der Waals surface area contributed by atoms with Gasteiger partial charge in [-0.1, -0.05) is 41.4 Å². The van der Waals surface area contributed by atoms with Crippen molar-refractivity contribution in [3.63, 3.8) is 0 Å². The van der Waals surface area contributed by atoms with Crippen LogP contribution in [0.1, 0.15) is 49.3 Å². The molecule has 1 aromatic heterocycles. The Hall–Kier alpha value is -2.63. The van der Waals surface area contributed by atoms with E-state index < -0.39 is 12.2 Å². The Kier molecular flexibility index (Phi) is 4.33. The molecule has 0 unspecified atom stereocenters. The summed E-state index contributed by atoms with van der Waals surface area (Å²) in [5.74, 6) is 0.638. The van der Waals surface area contributed by atoms with Gasteiger partial charge in [0.15, 0.2) is 11.9 Å². The average Bonchev–Trinajstić information content (AvgIpc) is 3.20. The van der Waals surface area contributed by atoms with E-state index in [4.69, 9.17) is 16.3 Å². The molecule has 3 aliphatic carbocycles. The molecule has 3 fully saturated rings. The summed E-state index contributed by atoms with van der Waals surface area (Å²) in [5.41, 5.74) is 4.32. The van der Waals surface area contributed by atoms with Crippen LogP contribution in [0, 0.1) is 12.3 Å². The molecule has 7 rings (SSSR count). The van der Waals surface area contributed by atoms with Gasteiger partial charge in [0, 0.05) is 35.2 Å². The van der Waals surface area contributed by atoms with Gasteiger partial charge in [0.05, 0.1) is 17.8 Å². The number of aliphatic hydroxyl groups is 1. The summed E-state index contributed by atoms with van der Waals surface area (Å²) >= 11 is 6.03. The smallest absolute Gasteiger partial charge is 0.173 e. The predicted octanol–water partition coefficient (Wildman–Crippen LogP) is 5.24. The van der Waals surface area contributed by atoms with E-state index in [1.54, 1.807) is 18.2 Å². The number of aryl methyl sites for hydroxylation is 1. The fourth-order valence-electron chi connectivity index (χ4n) is 5.95. The topological polar surface area (TPSA) is 64.4 Å². The van der Waals surface area contributed by atoms with E-state index in [1.807, 2.05) is 6.20 Å². The second-order valence-corrected chi connectivity index (χ2v) is 10.4. The third-order valence-electron chi connectivity index (χ3n) is 7.51. The highest BCUT2D eigenvalue weighted by molar-refractivity contribution is 6.30. The lowest BCUT2D eigenvalue weighted by Crippen LogP contribution is -2.68. The Morgan fingerprint density at radius 3 is 2.69 bits per heavy atom. The van der Waals surface area contributed by atoms with Crippen LogP contribution >= 0.6 is 11.6 Å². The molecule has 2 atom stereocenters. The molecular weight excluding hydrogens is 424 g/mol. The van der Waals surface area contributed by atoms with Crippen molar-refractivity contribution < 1.29 is 14.6 Å². The number of ether oxygens (including phenoxy) is 1. The minimum absolute atomic E-state index is 0.0551. The van der Waals surface area contributed by atoms with E-state index in [1.165, 1.54) is 11.1 Å². The van der Waals surface area contributed by atoms with E-state index in [-0.39, 0.29) is 23.2 Å². The molecule has 2 heterocycles. The number of halogens is 1. The first-order chi connectivity index (χ1) is 15.3. The van der Waals surface area contributed by atoms with Crippen LogP contribution < -0.4 is 4.74 Å². The third kappa shape index (κ3) is 3.10. The molecule has 2 bridgehead atoms. The number of nitrogens with zero attached hydrogens (tertiary/aromatic N) is 2. The lowest BCUT2D eigenvalue weighted by Gasteiger charge is -2.70. The summed E-state index contributed by atoms with van der Waals surface area (Å²) in [6, 6.07) is 13.7. The summed E-state index contributed by atoms with van der Waals surface area (Å²) in [7, 11) is 0. The van der Waals surface area contributed by atoms with Gasteiger partial charge in [0.2, 0.25) is 0 Å². The number of carbonyl (C=O) groups excluding carboxylic acids is 1. The first kappa shape index (κ1) is 20.0. The summed E-state index contributed by atoms with van der Waals surface area (Å²) in [6.07, 6.45) is 6.46. The van der Waals surface area contributed by atoms with Crippen LogP contribution in [-0.2, 0) is 10.3 Å². The van der Waals surface area contributed by atoms with E-state index in [0.29, 0.717) is 22.8 Å². The van der Waals surface area contributed by atoms with Crippen molar-refractivity contribution >= 4 is 17.4 Å². The van der Waals surface area contributed by atoms with E-state index >= 15 is 0 Å². The van der Waals surface area contributed by atoms with Crippen LogP contribution in [0.3, 0.4) is 0 Å². The van der Waals surface area contributed by atoms with Crippen LogP contribution in [-0.4, -0.2) is 26.8 Å².